The molecule has 11 heavy (non-hydrogen) atoms. The van der Waals surface area contributed by atoms with E-state index in [9.17, 15) is 0 Å². The first-order valence-corrected chi connectivity index (χ1v) is 5.94. The Morgan fingerprint density at radius 2 is 2.09 bits per heavy atom. The molecule has 0 saturated heterocycles. The molecular weight excluding hydrogens is 153 g/mol. The first-order valence-electron chi connectivity index (χ1n) is 3.70. The van der Waals surface area contributed by atoms with Crippen LogP contribution in [-0.4, -0.2) is 13.3 Å². The van der Waals surface area contributed by atoms with E-state index in [0.717, 1.165) is 0 Å². The van der Waals surface area contributed by atoms with Crippen LogP contribution in [-0.2, 0) is 6.54 Å². The zero-order chi connectivity index (χ0) is 8.27. The topological polar surface area (TPSA) is 26.0 Å². The second kappa shape index (κ2) is 3.85. The smallest absolute Gasteiger partial charge is 0.0178 e. The van der Waals surface area contributed by atoms with Crippen LogP contribution in [0, 0.1) is 0 Å². The summed E-state index contributed by atoms with van der Waals surface area (Å²) in [5, 5.41) is 1.43. The van der Waals surface area contributed by atoms with Crippen molar-refractivity contribution >= 4 is 13.2 Å². The Balaban J connectivity index is 2.91. The molecule has 0 fully saturated rings. The zero-order valence-electron chi connectivity index (χ0n) is 7.04. The van der Waals surface area contributed by atoms with Crippen molar-refractivity contribution in [1.29, 1.82) is 0 Å². The second-order valence-corrected chi connectivity index (χ2v) is 5.07. The van der Waals surface area contributed by atoms with Crippen LogP contribution in [0.2, 0.25) is 0 Å². The molecule has 0 aliphatic carbocycles. The Hall–Kier alpha value is -0.390. The largest absolute Gasteiger partial charge is 0.326 e. The lowest BCUT2D eigenvalue weighted by molar-refractivity contribution is 1.07. The van der Waals surface area contributed by atoms with E-state index in [1.54, 1.807) is 0 Å². The fourth-order valence-corrected chi connectivity index (χ4v) is 1.77. The number of hydrogen-bond acceptors (Lipinski definition) is 1. The summed E-state index contributed by atoms with van der Waals surface area (Å²) in [6.45, 7) is 5.16. The molecule has 0 aromatic heterocycles. The van der Waals surface area contributed by atoms with Crippen molar-refractivity contribution in [1.82, 2.24) is 0 Å². The third kappa shape index (κ3) is 2.28. The van der Waals surface area contributed by atoms with Crippen LogP contribution in [0.4, 0.5) is 0 Å². The highest BCUT2D eigenvalue weighted by atomic mass is 31.1. The van der Waals surface area contributed by atoms with Crippen molar-refractivity contribution in [3.05, 3.63) is 29.8 Å². The summed E-state index contributed by atoms with van der Waals surface area (Å²) in [5.41, 5.74) is 6.76. The Bertz CT molecular complexity index is 233. The van der Waals surface area contributed by atoms with Crippen LogP contribution in [0.5, 0.6) is 0 Å². The molecule has 60 valence electrons. The van der Waals surface area contributed by atoms with Gasteiger partial charge in [-0.05, 0) is 24.2 Å². The average Bonchev–Trinajstić information content (AvgIpc) is 2.05. The Kier molecular flexibility index (Phi) is 3.04. The molecule has 0 radical (unpaired) electrons. The molecule has 0 heterocycles. The van der Waals surface area contributed by atoms with E-state index >= 15 is 0 Å². The van der Waals surface area contributed by atoms with E-state index in [0.29, 0.717) is 6.54 Å². The summed E-state index contributed by atoms with van der Waals surface area (Å²) in [7, 11) is 0.0269. The highest BCUT2D eigenvalue weighted by Crippen LogP contribution is 2.23. The van der Waals surface area contributed by atoms with Crippen molar-refractivity contribution in [2.24, 2.45) is 5.73 Å². The number of hydrogen-bond donors (Lipinski definition) is 1. The molecule has 2 heteroatoms. The predicted molar refractivity (Wildman–Crippen MR) is 52.7 cm³/mol. The molecule has 1 nitrogen and oxygen atoms in total. The van der Waals surface area contributed by atoms with Gasteiger partial charge >= 0.3 is 0 Å². The van der Waals surface area contributed by atoms with Crippen LogP contribution in [0.1, 0.15) is 5.56 Å². The van der Waals surface area contributed by atoms with Gasteiger partial charge < -0.3 is 5.73 Å². The van der Waals surface area contributed by atoms with E-state index in [2.05, 4.69) is 37.6 Å². The van der Waals surface area contributed by atoms with Crippen molar-refractivity contribution in [2.45, 2.75) is 6.54 Å². The van der Waals surface area contributed by atoms with Crippen LogP contribution in [0.15, 0.2) is 24.3 Å². The normalized spacial score (nSPS) is 10.5. The van der Waals surface area contributed by atoms with Crippen LogP contribution < -0.4 is 11.0 Å². The SMILES string of the molecule is CP(C)c1cccc(CN)c1. The Morgan fingerprint density at radius 1 is 1.36 bits per heavy atom. The van der Waals surface area contributed by atoms with Gasteiger partial charge in [-0.3, -0.25) is 0 Å². The monoisotopic (exact) mass is 167 g/mol. The first kappa shape index (κ1) is 8.70. The maximum Gasteiger partial charge on any atom is 0.0178 e. The minimum absolute atomic E-state index is 0.0269. The van der Waals surface area contributed by atoms with E-state index in [4.69, 9.17) is 5.73 Å². The van der Waals surface area contributed by atoms with Gasteiger partial charge in [0.25, 0.3) is 0 Å². The highest BCUT2D eigenvalue weighted by molar-refractivity contribution is 7.64. The molecule has 0 atom stereocenters. The molecule has 0 bridgehead atoms. The summed E-state index contributed by atoms with van der Waals surface area (Å²) in [4.78, 5) is 0. The molecule has 1 aromatic rings. The maximum atomic E-state index is 5.53. The lowest BCUT2D eigenvalue weighted by Crippen LogP contribution is -2.03. The van der Waals surface area contributed by atoms with Crippen LogP contribution >= 0.6 is 7.92 Å². The first-order chi connectivity index (χ1) is 5.24. The Labute approximate surface area is 69.4 Å². The van der Waals surface area contributed by atoms with Crippen molar-refractivity contribution < 1.29 is 0 Å². The van der Waals surface area contributed by atoms with Gasteiger partial charge in [0.1, 0.15) is 0 Å². The summed E-state index contributed by atoms with van der Waals surface area (Å²) in [6, 6.07) is 8.53. The maximum absolute atomic E-state index is 5.53. The standard InChI is InChI=1S/C9H14NP/c1-11(2)9-5-3-4-8(6-9)7-10/h3-6H,7,10H2,1-2H3. The third-order valence-corrected chi connectivity index (χ3v) is 2.97. The second-order valence-electron chi connectivity index (χ2n) is 2.77. The highest BCUT2D eigenvalue weighted by Gasteiger charge is 1.97. The van der Waals surface area contributed by atoms with E-state index in [1.807, 2.05) is 0 Å². The molecular formula is C9H14NP. The van der Waals surface area contributed by atoms with Gasteiger partial charge in [-0.2, -0.15) is 0 Å². The summed E-state index contributed by atoms with van der Waals surface area (Å²) >= 11 is 0. The molecule has 1 rings (SSSR count). The molecule has 0 spiro atoms. The molecule has 0 amide bonds. The number of benzene rings is 1. The van der Waals surface area contributed by atoms with Crippen LogP contribution in [0.3, 0.4) is 0 Å². The summed E-state index contributed by atoms with van der Waals surface area (Å²) in [5.74, 6) is 0. The van der Waals surface area contributed by atoms with Gasteiger partial charge in [-0.15, -0.1) is 0 Å². The van der Waals surface area contributed by atoms with Gasteiger partial charge in [0.05, 0.1) is 0 Å². The molecule has 0 aliphatic rings. The van der Waals surface area contributed by atoms with E-state index in [1.165, 1.54) is 10.9 Å². The van der Waals surface area contributed by atoms with Gasteiger partial charge in [0.15, 0.2) is 0 Å². The lowest BCUT2D eigenvalue weighted by Gasteiger charge is -2.06. The van der Waals surface area contributed by atoms with E-state index < -0.39 is 0 Å². The van der Waals surface area contributed by atoms with Crippen molar-refractivity contribution in [3.8, 4) is 0 Å². The van der Waals surface area contributed by atoms with E-state index in [-0.39, 0.29) is 7.92 Å². The fraction of sp³-hybridized carbons (Fsp3) is 0.333. The Morgan fingerprint density at radius 3 is 2.64 bits per heavy atom. The average molecular weight is 167 g/mol. The van der Waals surface area contributed by atoms with Crippen molar-refractivity contribution in [2.75, 3.05) is 13.3 Å². The molecule has 1 aromatic carbocycles. The molecule has 0 aliphatic heterocycles. The minimum Gasteiger partial charge on any atom is -0.326 e. The van der Waals surface area contributed by atoms with Crippen molar-refractivity contribution in [3.63, 3.8) is 0 Å². The quantitative estimate of drug-likeness (QED) is 0.664. The molecule has 0 saturated carbocycles. The summed E-state index contributed by atoms with van der Waals surface area (Å²) in [6.07, 6.45) is 0. The zero-order valence-corrected chi connectivity index (χ0v) is 7.94. The number of rotatable bonds is 2. The van der Waals surface area contributed by atoms with Gasteiger partial charge in [-0.1, -0.05) is 32.2 Å². The van der Waals surface area contributed by atoms with Gasteiger partial charge in [-0.25, -0.2) is 0 Å². The molecule has 2 N–H and O–H groups in total. The van der Waals surface area contributed by atoms with Gasteiger partial charge in [0, 0.05) is 6.54 Å². The lowest BCUT2D eigenvalue weighted by atomic mass is 10.2. The summed E-state index contributed by atoms with van der Waals surface area (Å²) < 4.78 is 0. The fourth-order valence-electron chi connectivity index (χ4n) is 0.962. The predicted octanol–water partition coefficient (Wildman–Crippen LogP) is 1.51. The van der Waals surface area contributed by atoms with Crippen LogP contribution in [0.25, 0.3) is 0 Å². The molecule has 0 unspecified atom stereocenters. The minimum atomic E-state index is 0.0269. The number of nitrogens with two attached hydrogens (primary N) is 1. The van der Waals surface area contributed by atoms with Gasteiger partial charge in [0.2, 0.25) is 0 Å². The third-order valence-electron chi connectivity index (χ3n) is 1.66.